The van der Waals surface area contributed by atoms with Crippen molar-refractivity contribution in [3.8, 4) is 11.4 Å². The maximum absolute atomic E-state index is 13.0. The van der Waals surface area contributed by atoms with Crippen LogP contribution in [0.4, 0.5) is 0 Å². The quantitative estimate of drug-likeness (QED) is 0.687. The first-order valence-corrected chi connectivity index (χ1v) is 10.2. The van der Waals surface area contributed by atoms with Gasteiger partial charge in [0.1, 0.15) is 0 Å². The number of aromatic nitrogens is 3. The molecule has 1 fully saturated rings. The molecular weight excluding hydrogens is 364 g/mol. The van der Waals surface area contributed by atoms with E-state index < -0.39 is 10.0 Å². The van der Waals surface area contributed by atoms with Crippen molar-refractivity contribution in [1.82, 2.24) is 19.4 Å². The topological polar surface area (TPSA) is 89.2 Å². The van der Waals surface area contributed by atoms with E-state index in [2.05, 4.69) is 15.1 Å². The smallest absolute Gasteiger partial charge is 0.243 e. The Morgan fingerprint density at radius 2 is 2.04 bits per heavy atom. The van der Waals surface area contributed by atoms with E-state index in [1.54, 1.807) is 36.7 Å². The van der Waals surface area contributed by atoms with Gasteiger partial charge in [0.05, 0.1) is 10.8 Å². The Balaban J connectivity index is 1.58. The maximum atomic E-state index is 13.0. The fourth-order valence-electron chi connectivity index (χ4n) is 3.36. The lowest BCUT2D eigenvalue weighted by molar-refractivity contribution is 0.338. The Bertz CT molecular complexity index is 1050. The van der Waals surface area contributed by atoms with Crippen molar-refractivity contribution in [3.05, 3.63) is 60.2 Å². The Hall–Kier alpha value is -2.58. The largest absolute Gasteiger partial charge is 0.339 e. The second-order valence-corrected chi connectivity index (χ2v) is 8.86. The number of aryl methyl sites for hydroxylation is 1. The molecule has 3 heterocycles. The normalized spacial score (nSPS) is 20.8. The van der Waals surface area contributed by atoms with Crippen LogP contribution in [-0.4, -0.2) is 40.9 Å². The summed E-state index contributed by atoms with van der Waals surface area (Å²) in [5, 5.41) is 4.03. The van der Waals surface area contributed by atoms with E-state index in [-0.39, 0.29) is 11.8 Å². The summed E-state index contributed by atoms with van der Waals surface area (Å²) in [6.45, 7) is 4.63. The van der Waals surface area contributed by atoms with Crippen molar-refractivity contribution >= 4 is 10.0 Å². The van der Waals surface area contributed by atoms with E-state index in [0.717, 1.165) is 11.1 Å². The highest BCUT2D eigenvalue weighted by Gasteiger charge is 2.40. The van der Waals surface area contributed by atoms with Gasteiger partial charge in [-0.25, -0.2) is 8.42 Å². The molecule has 27 heavy (non-hydrogen) atoms. The molecule has 0 spiro atoms. The van der Waals surface area contributed by atoms with E-state index in [1.807, 2.05) is 26.0 Å². The summed E-state index contributed by atoms with van der Waals surface area (Å²) in [4.78, 5) is 8.85. The van der Waals surface area contributed by atoms with Crippen LogP contribution < -0.4 is 0 Å². The van der Waals surface area contributed by atoms with Gasteiger partial charge >= 0.3 is 0 Å². The zero-order valence-electron chi connectivity index (χ0n) is 15.1. The molecule has 2 atom stereocenters. The summed E-state index contributed by atoms with van der Waals surface area (Å²) in [5.74, 6) is 0.864. The molecule has 0 bridgehead atoms. The molecule has 1 saturated heterocycles. The number of sulfonamides is 1. The van der Waals surface area contributed by atoms with Crippen LogP contribution in [0, 0.1) is 12.8 Å². The van der Waals surface area contributed by atoms with Gasteiger partial charge in [-0.15, -0.1) is 0 Å². The third kappa shape index (κ3) is 3.38. The molecule has 1 aliphatic heterocycles. The molecule has 2 aromatic heterocycles. The number of benzene rings is 1. The molecule has 0 N–H and O–H groups in total. The molecule has 4 rings (SSSR count). The molecule has 0 saturated carbocycles. The number of hydrogen-bond donors (Lipinski definition) is 0. The van der Waals surface area contributed by atoms with Crippen LogP contribution in [0.15, 0.2) is 58.2 Å². The lowest BCUT2D eigenvalue weighted by atomic mass is 9.98. The monoisotopic (exact) mass is 384 g/mol. The van der Waals surface area contributed by atoms with Gasteiger partial charge in [0.2, 0.25) is 21.7 Å². The molecule has 1 aliphatic rings. The average molecular weight is 384 g/mol. The van der Waals surface area contributed by atoms with Crippen molar-refractivity contribution in [1.29, 1.82) is 0 Å². The third-order valence-corrected chi connectivity index (χ3v) is 6.71. The lowest BCUT2D eigenvalue weighted by Crippen LogP contribution is -2.29. The van der Waals surface area contributed by atoms with Crippen molar-refractivity contribution in [2.45, 2.75) is 24.7 Å². The van der Waals surface area contributed by atoms with E-state index >= 15 is 0 Å². The Kier molecular flexibility index (Phi) is 4.53. The van der Waals surface area contributed by atoms with E-state index in [0.29, 0.717) is 29.7 Å². The minimum absolute atomic E-state index is 0.0757. The fourth-order valence-corrected chi connectivity index (χ4v) is 5.03. The zero-order chi connectivity index (χ0) is 19.0. The van der Waals surface area contributed by atoms with Crippen molar-refractivity contribution in [2.24, 2.45) is 5.92 Å². The summed E-state index contributed by atoms with van der Waals surface area (Å²) < 4.78 is 32.9. The predicted molar refractivity (Wildman–Crippen MR) is 99.4 cm³/mol. The van der Waals surface area contributed by atoms with Gasteiger partial charge in [0, 0.05) is 31.0 Å². The van der Waals surface area contributed by atoms with Gasteiger partial charge in [0.15, 0.2) is 0 Å². The minimum Gasteiger partial charge on any atom is -0.339 e. The number of pyridine rings is 1. The van der Waals surface area contributed by atoms with Gasteiger partial charge in [-0.2, -0.15) is 9.29 Å². The number of nitrogens with zero attached hydrogens (tertiary/aromatic N) is 4. The number of rotatable bonds is 4. The van der Waals surface area contributed by atoms with Crippen molar-refractivity contribution in [3.63, 3.8) is 0 Å². The third-order valence-electron chi connectivity index (χ3n) is 4.88. The highest BCUT2D eigenvalue weighted by atomic mass is 32.2. The van der Waals surface area contributed by atoms with E-state index in [4.69, 9.17) is 4.52 Å². The second-order valence-electron chi connectivity index (χ2n) is 6.92. The minimum atomic E-state index is -3.55. The predicted octanol–water partition coefficient (Wildman–Crippen LogP) is 2.86. The first kappa shape index (κ1) is 17.8. The summed E-state index contributed by atoms with van der Waals surface area (Å²) in [5.41, 5.74) is 1.68. The van der Waals surface area contributed by atoms with Crippen LogP contribution in [-0.2, 0) is 10.0 Å². The van der Waals surface area contributed by atoms with Crippen LogP contribution in [0.3, 0.4) is 0 Å². The molecule has 0 aliphatic carbocycles. The Morgan fingerprint density at radius 1 is 1.19 bits per heavy atom. The highest BCUT2D eigenvalue weighted by Crippen LogP contribution is 2.35. The van der Waals surface area contributed by atoms with Gasteiger partial charge in [-0.1, -0.05) is 24.2 Å². The van der Waals surface area contributed by atoms with Crippen LogP contribution >= 0.6 is 0 Å². The molecule has 140 valence electrons. The van der Waals surface area contributed by atoms with Crippen LogP contribution in [0.2, 0.25) is 0 Å². The maximum Gasteiger partial charge on any atom is 0.243 e. The summed E-state index contributed by atoms with van der Waals surface area (Å²) >= 11 is 0. The van der Waals surface area contributed by atoms with Gasteiger partial charge in [0.25, 0.3) is 0 Å². The molecule has 0 unspecified atom stereocenters. The molecule has 7 nitrogen and oxygen atoms in total. The first-order chi connectivity index (χ1) is 12.9. The zero-order valence-corrected chi connectivity index (χ0v) is 15.9. The second kappa shape index (κ2) is 6.86. The first-order valence-electron chi connectivity index (χ1n) is 8.76. The van der Waals surface area contributed by atoms with Gasteiger partial charge in [-0.05, 0) is 42.7 Å². The summed E-state index contributed by atoms with van der Waals surface area (Å²) in [6, 6.07) is 10.6. The highest BCUT2D eigenvalue weighted by molar-refractivity contribution is 7.89. The lowest BCUT2D eigenvalue weighted by Gasteiger charge is -2.16. The van der Waals surface area contributed by atoms with Crippen LogP contribution in [0.5, 0.6) is 0 Å². The Labute approximate surface area is 158 Å². The van der Waals surface area contributed by atoms with Crippen LogP contribution in [0.25, 0.3) is 11.4 Å². The Morgan fingerprint density at radius 3 is 2.78 bits per heavy atom. The van der Waals surface area contributed by atoms with E-state index in [1.165, 1.54) is 4.31 Å². The molecule has 1 aromatic carbocycles. The molecule has 3 aromatic rings. The molecule has 0 amide bonds. The van der Waals surface area contributed by atoms with Crippen molar-refractivity contribution < 1.29 is 12.9 Å². The van der Waals surface area contributed by atoms with Gasteiger partial charge in [-0.3, -0.25) is 4.98 Å². The molecule has 0 radical (unpaired) electrons. The SMILES string of the molecule is Cc1cccc(S(=O)(=O)N2C[C@H](c3nc(-c4cccnc4)no3)[C@@H](C)C2)c1. The fraction of sp³-hybridized carbons (Fsp3) is 0.316. The standard InChI is InChI=1S/C19H20N4O3S/c1-13-5-3-7-16(9-13)27(24,25)23-11-14(2)17(12-23)19-21-18(22-26-19)15-6-4-8-20-10-15/h3-10,14,17H,11-12H2,1-2H3/t14-,17-/m0/s1. The summed E-state index contributed by atoms with van der Waals surface area (Å²) in [7, 11) is -3.55. The average Bonchev–Trinajstić information content (AvgIpc) is 3.29. The van der Waals surface area contributed by atoms with Gasteiger partial charge < -0.3 is 4.52 Å². The number of hydrogen-bond acceptors (Lipinski definition) is 6. The molecular formula is C19H20N4O3S. The van der Waals surface area contributed by atoms with Crippen LogP contribution in [0.1, 0.15) is 24.3 Å². The van der Waals surface area contributed by atoms with Crippen molar-refractivity contribution in [2.75, 3.05) is 13.1 Å². The summed E-state index contributed by atoms with van der Waals surface area (Å²) in [6.07, 6.45) is 3.35. The molecule has 8 heteroatoms. The van der Waals surface area contributed by atoms with E-state index in [9.17, 15) is 8.42 Å².